The maximum absolute atomic E-state index is 11.1. The number of fused-ring (bicyclic) bond motifs is 1. The van der Waals surface area contributed by atoms with Crippen LogP contribution < -0.4 is 4.73 Å². The molecule has 0 aliphatic carbocycles. The first-order valence-corrected chi connectivity index (χ1v) is 7.03. The Labute approximate surface area is 127 Å². The van der Waals surface area contributed by atoms with Gasteiger partial charge in [0.2, 0.25) is 0 Å². The summed E-state index contributed by atoms with van der Waals surface area (Å²) in [6.45, 7) is 0. The van der Waals surface area contributed by atoms with Crippen LogP contribution in [0.1, 0.15) is 0 Å². The average Bonchev–Trinajstić information content (AvgIpc) is 2.99. The van der Waals surface area contributed by atoms with Crippen LogP contribution >= 0.6 is 0 Å². The van der Waals surface area contributed by atoms with Gasteiger partial charge in [0.05, 0.1) is 11.9 Å². The first-order valence-electron chi connectivity index (χ1n) is 7.03. The Morgan fingerprint density at radius 2 is 1.64 bits per heavy atom. The molecule has 0 aliphatic heterocycles. The molecule has 3 heterocycles. The van der Waals surface area contributed by atoms with Gasteiger partial charge in [-0.3, -0.25) is 4.40 Å². The van der Waals surface area contributed by atoms with Crippen molar-refractivity contribution in [3.05, 3.63) is 84.6 Å². The summed E-state index contributed by atoms with van der Waals surface area (Å²) in [5.41, 5.74) is 5.12. The zero-order chi connectivity index (χ0) is 14.9. The second-order valence-corrected chi connectivity index (χ2v) is 5.10. The Hall–Kier alpha value is -3.14. The summed E-state index contributed by atoms with van der Waals surface area (Å²) in [5.74, 6) is 0. The van der Waals surface area contributed by atoms with E-state index in [1.54, 1.807) is 12.1 Å². The molecule has 0 radical (unpaired) electrons. The smallest absolute Gasteiger partial charge is 0.180 e. The van der Waals surface area contributed by atoms with Gasteiger partial charge in [0, 0.05) is 23.9 Å². The van der Waals surface area contributed by atoms with E-state index >= 15 is 0 Å². The van der Waals surface area contributed by atoms with E-state index in [-0.39, 0.29) is 0 Å². The second kappa shape index (κ2) is 5.00. The van der Waals surface area contributed by atoms with Gasteiger partial charge >= 0.3 is 0 Å². The van der Waals surface area contributed by atoms with Crippen LogP contribution in [0.25, 0.3) is 28.0 Å². The Bertz CT molecular complexity index is 928. The standard InChI is InChI=1S/C18H13N3O/c22-20-9-6-14(7-10-20)16-8-11-21-17(13-19-18(21)12-16)15-4-2-1-3-5-15/h1-13H. The zero-order valence-corrected chi connectivity index (χ0v) is 11.8. The second-order valence-electron chi connectivity index (χ2n) is 5.10. The van der Waals surface area contributed by atoms with E-state index in [0.29, 0.717) is 0 Å². The molecule has 4 nitrogen and oxygen atoms in total. The van der Waals surface area contributed by atoms with Gasteiger partial charge in [0.25, 0.3) is 0 Å². The minimum atomic E-state index is 0.783. The van der Waals surface area contributed by atoms with E-state index in [1.165, 1.54) is 12.4 Å². The van der Waals surface area contributed by atoms with Gasteiger partial charge in [-0.2, -0.15) is 4.73 Å². The van der Waals surface area contributed by atoms with E-state index in [1.807, 2.05) is 42.7 Å². The van der Waals surface area contributed by atoms with Crippen molar-refractivity contribution < 1.29 is 4.73 Å². The summed E-state index contributed by atoms with van der Waals surface area (Å²) in [6, 6.07) is 17.9. The lowest BCUT2D eigenvalue weighted by Crippen LogP contribution is -2.23. The molecule has 0 N–H and O–H groups in total. The largest absolute Gasteiger partial charge is 0.619 e. The molecule has 0 unspecified atom stereocenters. The van der Waals surface area contributed by atoms with Gasteiger partial charge in [0.15, 0.2) is 12.4 Å². The minimum absolute atomic E-state index is 0.783. The Balaban J connectivity index is 1.82. The van der Waals surface area contributed by atoms with Gasteiger partial charge in [0.1, 0.15) is 5.65 Å². The predicted molar refractivity (Wildman–Crippen MR) is 85.0 cm³/mol. The fourth-order valence-electron chi connectivity index (χ4n) is 2.59. The molecule has 0 saturated heterocycles. The number of benzene rings is 1. The van der Waals surface area contributed by atoms with Crippen molar-refractivity contribution >= 4 is 5.65 Å². The summed E-state index contributed by atoms with van der Waals surface area (Å²) in [4.78, 5) is 4.49. The first-order chi connectivity index (χ1) is 10.8. The third-order valence-electron chi connectivity index (χ3n) is 3.72. The van der Waals surface area contributed by atoms with Crippen LogP contribution in [0.15, 0.2) is 79.4 Å². The lowest BCUT2D eigenvalue weighted by atomic mass is 10.1. The van der Waals surface area contributed by atoms with Gasteiger partial charge < -0.3 is 5.21 Å². The molecule has 4 rings (SSSR count). The van der Waals surface area contributed by atoms with E-state index in [9.17, 15) is 5.21 Å². The van der Waals surface area contributed by atoms with Crippen molar-refractivity contribution in [3.63, 3.8) is 0 Å². The molecule has 4 heteroatoms. The summed E-state index contributed by atoms with van der Waals surface area (Å²) >= 11 is 0. The van der Waals surface area contributed by atoms with Crippen LogP contribution in [0.2, 0.25) is 0 Å². The lowest BCUT2D eigenvalue weighted by molar-refractivity contribution is -0.605. The quantitative estimate of drug-likeness (QED) is 0.419. The number of pyridine rings is 2. The van der Waals surface area contributed by atoms with Crippen molar-refractivity contribution in [2.24, 2.45) is 0 Å². The summed E-state index contributed by atoms with van der Waals surface area (Å²) in [5, 5.41) is 11.1. The topological polar surface area (TPSA) is 44.2 Å². The molecule has 0 bridgehead atoms. The van der Waals surface area contributed by atoms with E-state index in [0.717, 1.165) is 32.8 Å². The average molecular weight is 287 g/mol. The molecule has 0 saturated carbocycles. The van der Waals surface area contributed by atoms with Crippen molar-refractivity contribution in [1.82, 2.24) is 9.38 Å². The maximum atomic E-state index is 11.1. The monoisotopic (exact) mass is 287 g/mol. The molecular weight excluding hydrogens is 274 g/mol. The number of hydrogen-bond donors (Lipinski definition) is 0. The molecule has 106 valence electrons. The molecule has 0 fully saturated rings. The Kier molecular flexibility index (Phi) is 2.86. The SMILES string of the molecule is [O-][n+]1ccc(-c2ccn3c(-c4ccccc4)cnc3c2)cc1. The molecule has 0 spiro atoms. The molecule has 0 atom stereocenters. The van der Waals surface area contributed by atoms with E-state index in [4.69, 9.17) is 0 Å². The first kappa shape index (κ1) is 12.6. The van der Waals surface area contributed by atoms with Crippen LogP contribution in [-0.2, 0) is 0 Å². The molecular formula is C18H13N3O. The van der Waals surface area contributed by atoms with Crippen molar-refractivity contribution in [1.29, 1.82) is 0 Å². The maximum Gasteiger partial charge on any atom is 0.180 e. The molecule has 22 heavy (non-hydrogen) atoms. The highest BCUT2D eigenvalue weighted by Gasteiger charge is 2.07. The number of imidazole rings is 1. The third-order valence-corrected chi connectivity index (χ3v) is 3.72. The molecule has 0 aliphatic rings. The van der Waals surface area contributed by atoms with Crippen molar-refractivity contribution in [3.8, 4) is 22.4 Å². The van der Waals surface area contributed by atoms with Crippen LogP contribution in [0.4, 0.5) is 0 Å². The van der Waals surface area contributed by atoms with E-state index in [2.05, 4.69) is 21.5 Å². The van der Waals surface area contributed by atoms with Gasteiger partial charge in [-0.15, -0.1) is 0 Å². The number of rotatable bonds is 2. The molecule has 0 amide bonds. The normalized spacial score (nSPS) is 10.9. The highest BCUT2D eigenvalue weighted by atomic mass is 16.5. The summed E-state index contributed by atoms with van der Waals surface area (Å²) < 4.78 is 2.85. The fourth-order valence-corrected chi connectivity index (χ4v) is 2.59. The summed E-state index contributed by atoms with van der Waals surface area (Å²) in [6.07, 6.45) is 6.89. The van der Waals surface area contributed by atoms with E-state index < -0.39 is 0 Å². The number of aromatic nitrogens is 3. The highest BCUT2D eigenvalue weighted by Crippen LogP contribution is 2.24. The predicted octanol–water partition coefficient (Wildman–Crippen LogP) is 3.30. The van der Waals surface area contributed by atoms with Crippen LogP contribution in [0, 0.1) is 5.21 Å². The fraction of sp³-hybridized carbons (Fsp3) is 0. The molecule has 1 aromatic carbocycles. The third kappa shape index (κ3) is 2.11. The minimum Gasteiger partial charge on any atom is -0.619 e. The van der Waals surface area contributed by atoms with Crippen molar-refractivity contribution in [2.75, 3.05) is 0 Å². The lowest BCUT2D eigenvalue weighted by Gasteiger charge is -2.05. The van der Waals surface area contributed by atoms with Gasteiger partial charge in [-0.05, 0) is 23.3 Å². The summed E-state index contributed by atoms with van der Waals surface area (Å²) in [7, 11) is 0. The Morgan fingerprint density at radius 3 is 2.41 bits per heavy atom. The van der Waals surface area contributed by atoms with Crippen LogP contribution in [-0.4, -0.2) is 9.38 Å². The van der Waals surface area contributed by atoms with Crippen molar-refractivity contribution in [2.45, 2.75) is 0 Å². The zero-order valence-electron chi connectivity index (χ0n) is 11.8. The Morgan fingerprint density at radius 1 is 0.864 bits per heavy atom. The molecule has 3 aromatic heterocycles. The number of nitrogens with zero attached hydrogens (tertiary/aromatic N) is 3. The van der Waals surface area contributed by atoms with Crippen LogP contribution in [0.5, 0.6) is 0 Å². The highest BCUT2D eigenvalue weighted by molar-refractivity contribution is 5.70. The number of hydrogen-bond acceptors (Lipinski definition) is 2. The van der Waals surface area contributed by atoms with Crippen LogP contribution in [0.3, 0.4) is 0 Å². The molecule has 4 aromatic rings. The van der Waals surface area contributed by atoms with Gasteiger partial charge in [-0.25, -0.2) is 4.98 Å². The van der Waals surface area contributed by atoms with Gasteiger partial charge in [-0.1, -0.05) is 30.3 Å².